The number of nitrogens with one attached hydrogen (secondary N) is 2. The number of anilines is 1. The van der Waals surface area contributed by atoms with E-state index in [0.29, 0.717) is 0 Å². The van der Waals surface area contributed by atoms with Crippen LogP contribution >= 0.6 is 24.0 Å². The molecule has 1 fully saturated rings. The molecule has 0 amide bonds. The first kappa shape index (κ1) is 23.0. The zero-order valence-corrected chi connectivity index (χ0v) is 18.5. The molecule has 7 heteroatoms. The summed E-state index contributed by atoms with van der Waals surface area (Å²) >= 11 is 0. The standard InChI is InChI=1S/C19H33N5O.HI/c1-3-4-13-25-14-7-10-21-19(20-2)23-16-17-8-9-18(22-15-17)24-11-5-6-12-24;/h8-9,15H,3-7,10-14,16H2,1-2H3,(H2,20,21,23);1H. The molecule has 148 valence electrons. The van der Waals surface area contributed by atoms with Gasteiger partial charge in [0, 0.05) is 52.6 Å². The minimum atomic E-state index is 0. The van der Waals surface area contributed by atoms with Crippen molar-refractivity contribution in [2.75, 3.05) is 44.8 Å². The Kier molecular flexibility index (Phi) is 12.4. The smallest absolute Gasteiger partial charge is 0.191 e. The Balaban J connectivity index is 0.00000338. The van der Waals surface area contributed by atoms with Crippen LogP contribution in [0.5, 0.6) is 0 Å². The van der Waals surface area contributed by atoms with Gasteiger partial charge in [-0.2, -0.15) is 0 Å². The van der Waals surface area contributed by atoms with Crippen molar-refractivity contribution in [2.45, 2.75) is 45.6 Å². The monoisotopic (exact) mass is 475 g/mol. The second-order valence-corrected chi connectivity index (χ2v) is 6.39. The lowest BCUT2D eigenvalue weighted by molar-refractivity contribution is 0.129. The van der Waals surface area contributed by atoms with Gasteiger partial charge in [-0.15, -0.1) is 24.0 Å². The predicted molar refractivity (Wildman–Crippen MR) is 120 cm³/mol. The van der Waals surface area contributed by atoms with Crippen LogP contribution in [-0.2, 0) is 11.3 Å². The first-order valence-corrected chi connectivity index (χ1v) is 9.55. The molecule has 2 heterocycles. The molecule has 0 radical (unpaired) electrons. The fourth-order valence-electron chi connectivity index (χ4n) is 2.79. The van der Waals surface area contributed by atoms with Gasteiger partial charge < -0.3 is 20.3 Å². The summed E-state index contributed by atoms with van der Waals surface area (Å²) in [6, 6.07) is 4.26. The second kappa shape index (κ2) is 14.0. The van der Waals surface area contributed by atoms with Gasteiger partial charge in [-0.3, -0.25) is 4.99 Å². The Morgan fingerprint density at radius 1 is 1.19 bits per heavy atom. The zero-order chi connectivity index (χ0) is 17.7. The third-order valence-electron chi connectivity index (χ3n) is 4.32. The highest BCUT2D eigenvalue weighted by Gasteiger charge is 2.12. The van der Waals surface area contributed by atoms with Crippen LogP contribution in [0, 0.1) is 0 Å². The Morgan fingerprint density at radius 2 is 1.96 bits per heavy atom. The number of guanidine groups is 1. The van der Waals surface area contributed by atoms with Crippen molar-refractivity contribution in [1.29, 1.82) is 0 Å². The van der Waals surface area contributed by atoms with Crippen LogP contribution in [0.2, 0.25) is 0 Å². The van der Waals surface area contributed by atoms with E-state index in [9.17, 15) is 0 Å². The van der Waals surface area contributed by atoms with E-state index in [2.05, 4.69) is 44.6 Å². The highest BCUT2D eigenvalue weighted by molar-refractivity contribution is 14.0. The number of halogens is 1. The minimum Gasteiger partial charge on any atom is -0.381 e. The average molecular weight is 475 g/mol. The van der Waals surface area contributed by atoms with Crippen molar-refractivity contribution in [3.63, 3.8) is 0 Å². The molecule has 2 rings (SSSR count). The van der Waals surface area contributed by atoms with Crippen molar-refractivity contribution in [1.82, 2.24) is 15.6 Å². The highest BCUT2D eigenvalue weighted by atomic mass is 127. The van der Waals surface area contributed by atoms with Crippen LogP contribution in [0.15, 0.2) is 23.3 Å². The number of hydrogen-bond acceptors (Lipinski definition) is 4. The van der Waals surface area contributed by atoms with E-state index in [1.54, 1.807) is 7.05 Å². The molecule has 1 aliphatic heterocycles. The number of hydrogen-bond donors (Lipinski definition) is 2. The van der Waals surface area contributed by atoms with Gasteiger partial charge in [0.15, 0.2) is 5.96 Å². The molecule has 1 aliphatic rings. The summed E-state index contributed by atoms with van der Waals surface area (Å²) in [7, 11) is 1.79. The molecule has 0 aliphatic carbocycles. The lowest BCUT2D eigenvalue weighted by atomic mass is 10.3. The predicted octanol–water partition coefficient (Wildman–Crippen LogP) is 3.17. The maximum Gasteiger partial charge on any atom is 0.191 e. The third-order valence-corrected chi connectivity index (χ3v) is 4.32. The summed E-state index contributed by atoms with van der Waals surface area (Å²) in [4.78, 5) is 11.2. The van der Waals surface area contributed by atoms with Gasteiger partial charge in [0.1, 0.15) is 5.82 Å². The van der Waals surface area contributed by atoms with E-state index in [0.717, 1.165) is 69.6 Å². The second-order valence-electron chi connectivity index (χ2n) is 6.39. The number of aliphatic imine (C=N–C) groups is 1. The summed E-state index contributed by atoms with van der Waals surface area (Å²) in [6.45, 7) is 7.68. The zero-order valence-electron chi connectivity index (χ0n) is 16.2. The number of aromatic nitrogens is 1. The largest absolute Gasteiger partial charge is 0.381 e. The first-order chi connectivity index (χ1) is 12.3. The van der Waals surface area contributed by atoms with Crippen LogP contribution in [0.4, 0.5) is 5.82 Å². The van der Waals surface area contributed by atoms with E-state index in [1.165, 1.54) is 19.3 Å². The fraction of sp³-hybridized carbons (Fsp3) is 0.684. The molecular weight excluding hydrogens is 441 g/mol. The normalized spacial score (nSPS) is 14.2. The summed E-state index contributed by atoms with van der Waals surface area (Å²) in [5.74, 6) is 1.91. The van der Waals surface area contributed by atoms with Gasteiger partial charge >= 0.3 is 0 Å². The molecule has 1 saturated heterocycles. The Bertz CT molecular complexity index is 503. The number of ether oxygens (including phenoxy) is 1. The SMILES string of the molecule is CCCCOCCCNC(=NC)NCc1ccc(N2CCCC2)nc1.I. The molecule has 2 N–H and O–H groups in total. The summed E-state index contributed by atoms with van der Waals surface area (Å²) in [5, 5.41) is 6.65. The third kappa shape index (κ3) is 8.53. The lowest BCUT2D eigenvalue weighted by Crippen LogP contribution is -2.37. The molecule has 6 nitrogen and oxygen atoms in total. The van der Waals surface area contributed by atoms with Crippen molar-refractivity contribution in [2.24, 2.45) is 4.99 Å². The summed E-state index contributed by atoms with van der Waals surface area (Å²) < 4.78 is 5.56. The van der Waals surface area contributed by atoms with Crippen molar-refractivity contribution in [3.05, 3.63) is 23.9 Å². The molecule has 26 heavy (non-hydrogen) atoms. The average Bonchev–Trinajstić information content (AvgIpc) is 3.18. The van der Waals surface area contributed by atoms with Gasteiger partial charge in [0.05, 0.1) is 0 Å². The summed E-state index contributed by atoms with van der Waals surface area (Å²) in [6.07, 6.45) is 7.81. The molecule has 0 spiro atoms. The van der Waals surface area contributed by atoms with E-state index < -0.39 is 0 Å². The van der Waals surface area contributed by atoms with E-state index >= 15 is 0 Å². The quantitative estimate of drug-likeness (QED) is 0.236. The summed E-state index contributed by atoms with van der Waals surface area (Å²) in [5.41, 5.74) is 1.16. The fourth-order valence-corrected chi connectivity index (χ4v) is 2.79. The van der Waals surface area contributed by atoms with Crippen LogP contribution in [0.3, 0.4) is 0 Å². The van der Waals surface area contributed by atoms with Crippen LogP contribution in [0.25, 0.3) is 0 Å². The number of rotatable bonds is 10. The number of pyridine rings is 1. The molecular formula is C19H34IN5O. The van der Waals surface area contributed by atoms with Crippen molar-refractivity contribution < 1.29 is 4.74 Å². The van der Waals surface area contributed by atoms with Crippen LogP contribution < -0.4 is 15.5 Å². The van der Waals surface area contributed by atoms with Gasteiger partial charge in [0.2, 0.25) is 0 Å². The lowest BCUT2D eigenvalue weighted by Gasteiger charge is -2.16. The van der Waals surface area contributed by atoms with Gasteiger partial charge in [-0.1, -0.05) is 19.4 Å². The number of unbranched alkanes of at least 4 members (excludes halogenated alkanes) is 1. The molecule has 1 aromatic heterocycles. The highest BCUT2D eigenvalue weighted by Crippen LogP contribution is 2.17. The molecule has 0 bridgehead atoms. The van der Waals surface area contributed by atoms with Crippen molar-refractivity contribution >= 4 is 35.8 Å². The van der Waals surface area contributed by atoms with Gasteiger partial charge in [-0.05, 0) is 37.3 Å². The topological polar surface area (TPSA) is 61.8 Å². The molecule has 1 aromatic rings. The Morgan fingerprint density at radius 3 is 2.62 bits per heavy atom. The Labute approximate surface area is 175 Å². The van der Waals surface area contributed by atoms with Gasteiger partial charge in [0.25, 0.3) is 0 Å². The number of nitrogens with zero attached hydrogens (tertiary/aromatic N) is 3. The van der Waals surface area contributed by atoms with E-state index in [1.807, 2.05) is 6.20 Å². The van der Waals surface area contributed by atoms with Crippen LogP contribution in [0.1, 0.15) is 44.6 Å². The first-order valence-electron chi connectivity index (χ1n) is 9.55. The van der Waals surface area contributed by atoms with Gasteiger partial charge in [-0.25, -0.2) is 4.98 Å². The van der Waals surface area contributed by atoms with E-state index in [4.69, 9.17) is 4.74 Å². The molecule has 0 unspecified atom stereocenters. The van der Waals surface area contributed by atoms with E-state index in [-0.39, 0.29) is 24.0 Å². The molecule has 0 atom stereocenters. The maximum atomic E-state index is 5.56. The molecule has 0 aromatic carbocycles. The molecule has 0 saturated carbocycles. The minimum absolute atomic E-state index is 0. The maximum absolute atomic E-state index is 5.56. The van der Waals surface area contributed by atoms with Crippen LogP contribution in [-0.4, -0.2) is 50.8 Å². The Hall–Kier alpha value is -1.09. The van der Waals surface area contributed by atoms with Crippen molar-refractivity contribution in [3.8, 4) is 0 Å².